The molecule has 2 rings (SSSR count). The molecule has 0 atom stereocenters. The van der Waals surface area contributed by atoms with Crippen molar-refractivity contribution in [3.05, 3.63) is 58.1 Å². The average molecular weight is 348 g/mol. The zero-order valence-electron chi connectivity index (χ0n) is 13.4. The van der Waals surface area contributed by atoms with Crippen LogP contribution >= 0.6 is 11.6 Å². The van der Waals surface area contributed by atoms with Gasteiger partial charge in [-0.3, -0.25) is 0 Å². The van der Waals surface area contributed by atoms with Gasteiger partial charge in [-0.15, -0.1) is 0 Å². The van der Waals surface area contributed by atoms with Crippen molar-refractivity contribution in [1.29, 1.82) is 0 Å². The van der Waals surface area contributed by atoms with Crippen LogP contribution < -0.4 is 20.6 Å². The molecule has 0 spiro atoms. The highest BCUT2D eigenvalue weighted by atomic mass is 35.5. The van der Waals surface area contributed by atoms with E-state index in [0.717, 1.165) is 5.56 Å². The summed E-state index contributed by atoms with van der Waals surface area (Å²) in [6.07, 6.45) is 1.41. The Bertz CT molecular complexity index is 745. The molecule has 0 heterocycles. The number of amides is 2. The standard InChI is InChI=1S/C17H18ClN3O3/c1-11-3-5-12(6-4-11)10-24-16-14(18)7-13(8-15(16)23-2)9-20-21-17(19)22/h3-9H,10H2,1-2H3,(H3,19,21,22)/b20-9+. The molecule has 2 aromatic rings. The molecule has 0 aromatic heterocycles. The molecule has 6 nitrogen and oxygen atoms in total. The van der Waals surface area contributed by atoms with Gasteiger partial charge in [0.15, 0.2) is 11.5 Å². The molecule has 0 fully saturated rings. The summed E-state index contributed by atoms with van der Waals surface area (Å²) in [7, 11) is 1.52. The van der Waals surface area contributed by atoms with E-state index in [1.54, 1.807) is 12.1 Å². The van der Waals surface area contributed by atoms with Crippen molar-refractivity contribution >= 4 is 23.8 Å². The van der Waals surface area contributed by atoms with Crippen LogP contribution in [0.2, 0.25) is 5.02 Å². The van der Waals surface area contributed by atoms with E-state index in [0.29, 0.717) is 28.7 Å². The molecule has 24 heavy (non-hydrogen) atoms. The molecule has 0 radical (unpaired) electrons. The van der Waals surface area contributed by atoms with Crippen molar-refractivity contribution in [3.63, 3.8) is 0 Å². The van der Waals surface area contributed by atoms with Crippen molar-refractivity contribution in [3.8, 4) is 11.5 Å². The third kappa shape index (κ3) is 4.89. The van der Waals surface area contributed by atoms with Gasteiger partial charge in [0.1, 0.15) is 6.61 Å². The number of hydrogen-bond acceptors (Lipinski definition) is 4. The minimum absolute atomic E-state index is 0.368. The lowest BCUT2D eigenvalue weighted by atomic mass is 10.1. The molecule has 0 bridgehead atoms. The second kappa shape index (κ2) is 8.21. The van der Waals surface area contributed by atoms with E-state index in [4.69, 9.17) is 26.8 Å². The second-order valence-corrected chi connectivity index (χ2v) is 5.45. The molecular weight excluding hydrogens is 330 g/mol. The van der Waals surface area contributed by atoms with E-state index in [-0.39, 0.29) is 0 Å². The first-order valence-corrected chi connectivity index (χ1v) is 7.52. The first kappa shape index (κ1) is 17.6. The fourth-order valence-electron chi connectivity index (χ4n) is 1.96. The summed E-state index contributed by atoms with van der Waals surface area (Å²) in [5.41, 5.74) is 9.88. The number of carbonyl (C=O) groups excluding carboxylic acids is 1. The van der Waals surface area contributed by atoms with E-state index in [1.165, 1.54) is 18.9 Å². The maximum absolute atomic E-state index is 10.6. The van der Waals surface area contributed by atoms with Crippen molar-refractivity contribution in [2.75, 3.05) is 7.11 Å². The summed E-state index contributed by atoms with van der Waals surface area (Å²) in [6, 6.07) is 10.6. The Balaban J connectivity index is 2.15. The maximum Gasteiger partial charge on any atom is 0.332 e. The number of nitrogens with two attached hydrogens (primary N) is 1. The largest absolute Gasteiger partial charge is 0.493 e. The monoisotopic (exact) mass is 347 g/mol. The predicted molar refractivity (Wildman–Crippen MR) is 93.8 cm³/mol. The molecule has 0 aliphatic rings. The molecule has 3 N–H and O–H groups in total. The summed E-state index contributed by atoms with van der Waals surface area (Å²) in [6.45, 7) is 2.39. The normalized spacial score (nSPS) is 10.6. The fourth-order valence-corrected chi connectivity index (χ4v) is 2.24. The lowest BCUT2D eigenvalue weighted by Gasteiger charge is -2.13. The highest BCUT2D eigenvalue weighted by Gasteiger charge is 2.12. The van der Waals surface area contributed by atoms with E-state index < -0.39 is 6.03 Å². The Kier molecular flexibility index (Phi) is 6.03. The van der Waals surface area contributed by atoms with Crippen LogP contribution in [-0.4, -0.2) is 19.4 Å². The number of hydrogen-bond donors (Lipinski definition) is 2. The van der Waals surface area contributed by atoms with Crippen LogP contribution in [0.4, 0.5) is 4.79 Å². The predicted octanol–water partition coefficient (Wildman–Crippen LogP) is 3.24. The third-order valence-corrected chi connectivity index (χ3v) is 3.42. The lowest BCUT2D eigenvalue weighted by Crippen LogP contribution is -2.24. The minimum atomic E-state index is -0.748. The highest BCUT2D eigenvalue weighted by Crippen LogP contribution is 2.36. The van der Waals surface area contributed by atoms with Gasteiger partial charge < -0.3 is 15.2 Å². The number of carbonyl (C=O) groups is 1. The van der Waals surface area contributed by atoms with Crippen LogP contribution in [0.15, 0.2) is 41.5 Å². The number of aryl methyl sites for hydroxylation is 1. The Morgan fingerprint density at radius 3 is 2.67 bits per heavy atom. The van der Waals surface area contributed by atoms with Crippen LogP contribution in [0, 0.1) is 6.92 Å². The van der Waals surface area contributed by atoms with Gasteiger partial charge in [-0.2, -0.15) is 5.10 Å². The Morgan fingerprint density at radius 2 is 2.04 bits per heavy atom. The number of halogens is 1. The van der Waals surface area contributed by atoms with E-state index in [1.807, 2.05) is 31.2 Å². The van der Waals surface area contributed by atoms with E-state index >= 15 is 0 Å². The molecular formula is C17H18ClN3O3. The topological polar surface area (TPSA) is 85.9 Å². The number of ether oxygens (including phenoxy) is 2. The van der Waals surface area contributed by atoms with Gasteiger partial charge >= 0.3 is 6.03 Å². The van der Waals surface area contributed by atoms with Gasteiger partial charge in [0.2, 0.25) is 0 Å². The molecule has 2 amide bonds. The van der Waals surface area contributed by atoms with Crippen LogP contribution in [0.1, 0.15) is 16.7 Å². The van der Waals surface area contributed by atoms with Gasteiger partial charge in [-0.05, 0) is 30.2 Å². The lowest BCUT2D eigenvalue weighted by molar-refractivity contribution is 0.249. The zero-order chi connectivity index (χ0) is 17.5. The number of nitrogens with zero attached hydrogens (tertiary/aromatic N) is 1. The number of methoxy groups -OCH3 is 1. The van der Waals surface area contributed by atoms with Crippen LogP contribution in [-0.2, 0) is 6.61 Å². The summed E-state index contributed by atoms with van der Waals surface area (Å²) in [5, 5.41) is 4.06. The molecule has 0 aliphatic heterocycles. The number of nitrogens with one attached hydrogen (secondary N) is 1. The Labute approximate surface area is 145 Å². The van der Waals surface area contributed by atoms with Gasteiger partial charge in [-0.25, -0.2) is 10.2 Å². The van der Waals surface area contributed by atoms with Crippen molar-refractivity contribution < 1.29 is 14.3 Å². The third-order valence-electron chi connectivity index (χ3n) is 3.14. The van der Waals surface area contributed by atoms with Gasteiger partial charge in [0.25, 0.3) is 0 Å². The summed E-state index contributed by atoms with van der Waals surface area (Å²) < 4.78 is 11.1. The number of primary amides is 1. The van der Waals surface area contributed by atoms with Crippen molar-refractivity contribution in [1.82, 2.24) is 5.43 Å². The second-order valence-electron chi connectivity index (χ2n) is 5.04. The highest BCUT2D eigenvalue weighted by molar-refractivity contribution is 6.32. The fraction of sp³-hybridized carbons (Fsp3) is 0.176. The molecule has 7 heteroatoms. The summed E-state index contributed by atoms with van der Waals surface area (Å²) >= 11 is 6.27. The molecule has 0 saturated heterocycles. The smallest absolute Gasteiger partial charge is 0.332 e. The number of rotatable bonds is 6. The van der Waals surface area contributed by atoms with Crippen molar-refractivity contribution in [2.24, 2.45) is 10.8 Å². The van der Waals surface area contributed by atoms with Crippen LogP contribution in [0.3, 0.4) is 0 Å². The first-order valence-electron chi connectivity index (χ1n) is 7.14. The number of urea groups is 1. The van der Waals surface area contributed by atoms with Gasteiger partial charge in [0, 0.05) is 0 Å². The Morgan fingerprint density at radius 1 is 1.33 bits per heavy atom. The summed E-state index contributed by atoms with van der Waals surface area (Å²) in [4.78, 5) is 10.6. The SMILES string of the molecule is COc1cc(/C=N/NC(N)=O)cc(Cl)c1OCc1ccc(C)cc1. The minimum Gasteiger partial charge on any atom is -0.493 e. The molecule has 0 unspecified atom stereocenters. The van der Waals surface area contributed by atoms with E-state index in [9.17, 15) is 4.79 Å². The van der Waals surface area contributed by atoms with E-state index in [2.05, 4.69) is 10.5 Å². The van der Waals surface area contributed by atoms with Crippen LogP contribution in [0.5, 0.6) is 11.5 Å². The van der Waals surface area contributed by atoms with Gasteiger partial charge in [0.05, 0.1) is 18.3 Å². The molecule has 0 saturated carbocycles. The zero-order valence-corrected chi connectivity index (χ0v) is 14.1. The quantitative estimate of drug-likeness (QED) is 0.621. The van der Waals surface area contributed by atoms with Crippen LogP contribution in [0.25, 0.3) is 0 Å². The maximum atomic E-state index is 10.6. The first-order chi connectivity index (χ1) is 11.5. The Hall–Kier alpha value is -2.73. The van der Waals surface area contributed by atoms with Crippen molar-refractivity contribution in [2.45, 2.75) is 13.5 Å². The molecule has 0 aliphatic carbocycles. The van der Waals surface area contributed by atoms with Gasteiger partial charge in [-0.1, -0.05) is 41.4 Å². The molecule has 2 aromatic carbocycles. The average Bonchev–Trinajstić information content (AvgIpc) is 2.54. The number of hydrazone groups is 1. The summed E-state index contributed by atoms with van der Waals surface area (Å²) in [5.74, 6) is 0.912. The molecule has 126 valence electrons. The number of benzene rings is 2.